The van der Waals surface area contributed by atoms with Gasteiger partial charge in [-0.2, -0.15) is 0 Å². The van der Waals surface area contributed by atoms with Gasteiger partial charge in [-0.25, -0.2) is 0 Å². The number of rotatable bonds is 2. The lowest BCUT2D eigenvalue weighted by Crippen LogP contribution is -2.48. The van der Waals surface area contributed by atoms with E-state index in [0.29, 0.717) is 6.54 Å². The van der Waals surface area contributed by atoms with E-state index in [9.17, 15) is 4.79 Å². The van der Waals surface area contributed by atoms with E-state index in [-0.39, 0.29) is 12.0 Å². The van der Waals surface area contributed by atoms with E-state index < -0.39 is 5.97 Å². The van der Waals surface area contributed by atoms with Crippen LogP contribution in [-0.2, 0) is 9.53 Å². The number of aliphatic carboxylic acids is 1. The van der Waals surface area contributed by atoms with Gasteiger partial charge in [0.25, 0.3) is 0 Å². The zero-order valence-corrected chi connectivity index (χ0v) is 9.06. The minimum absolute atomic E-state index is 0.163. The molecule has 2 heterocycles. The van der Waals surface area contributed by atoms with E-state index in [1.54, 1.807) is 0 Å². The lowest BCUT2D eigenvalue weighted by atomic mass is 10.0. The van der Waals surface area contributed by atoms with Crippen LogP contribution in [0.5, 0.6) is 0 Å². The van der Waals surface area contributed by atoms with E-state index in [4.69, 9.17) is 9.84 Å². The largest absolute Gasteiger partial charge is 0.481 e. The second-order valence-electron chi connectivity index (χ2n) is 4.38. The Morgan fingerprint density at radius 1 is 1.33 bits per heavy atom. The van der Waals surface area contributed by atoms with Gasteiger partial charge in [-0.15, -0.1) is 0 Å². The number of nitrogens with zero attached hydrogens (tertiary/aromatic N) is 2. The van der Waals surface area contributed by atoms with Crippen molar-refractivity contribution in [3.8, 4) is 0 Å². The number of carboxylic acids is 1. The zero-order valence-electron chi connectivity index (χ0n) is 9.06. The Bertz CT molecular complexity index is 241. The molecule has 86 valence electrons. The van der Waals surface area contributed by atoms with Crippen molar-refractivity contribution in [2.24, 2.45) is 5.92 Å². The highest BCUT2D eigenvalue weighted by Gasteiger charge is 2.39. The number of likely N-dealkylation sites (N-methyl/N-ethyl adjacent to an activating group) is 1. The maximum atomic E-state index is 11.1. The number of hydrogen-bond donors (Lipinski definition) is 1. The maximum absolute atomic E-state index is 11.1. The average molecular weight is 214 g/mol. The Morgan fingerprint density at radius 2 is 2.00 bits per heavy atom. The van der Waals surface area contributed by atoms with E-state index >= 15 is 0 Å². The van der Waals surface area contributed by atoms with Crippen molar-refractivity contribution in [2.45, 2.75) is 6.04 Å². The Hall–Kier alpha value is -0.650. The van der Waals surface area contributed by atoms with Crippen LogP contribution in [-0.4, -0.2) is 73.4 Å². The minimum Gasteiger partial charge on any atom is -0.481 e. The first kappa shape index (κ1) is 10.9. The maximum Gasteiger partial charge on any atom is 0.309 e. The number of ether oxygens (including phenoxy) is 1. The summed E-state index contributed by atoms with van der Waals surface area (Å²) in [5.41, 5.74) is 0. The van der Waals surface area contributed by atoms with Crippen molar-refractivity contribution in [3.63, 3.8) is 0 Å². The Balaban J connectivity index is 2.02. The lowest BCUT2D eigenvalue weighted by molar-refractivity contribution is -0.143. The van der Waals surface area contributed by atoms with Gasteiger partial charge in [-0.05, 0) is 7.05 Å². The van der Waals surface area contributed by atoms with Crippen molar-refractivity contribution < 1.29 is 14.6 Å². The van der Waals surface area contributed by atoms with Crippen LogP contribution in [0.15, 0.2) is 0 Å². The van der Waals surface area contributed by atoms with E-state index in [1.807, 2.05) is 7.05 Å². The fraction of sp³-hybridized carbons (Fsp3) is 0.900. The van der Waals surface area contributed by atoms with E-state index in [1.165, 1.54) is 0 Å². The molecule has 15 heavy (non-hydrogen) atoms. The van der Waals surface area contributed by atoms with Crippen LogP contribution >= 0.6 is 0 Å². The van der Waals surface area contributed by atoms with Gasteiger partial charge in [0.15, 0.2) is 0 Å². The third-order valence-electron chi connectivity index (χ3n) is 3.30. The molecule has 2 saturated heterocycles. The topological polar surface area (TPSA) is 53.0 Å². The van der Waals surface area contributed by atoms with Crippen molar-refractivity contribution in [1.29, 1.82) is 0 Å². The van der Waals surface area contributed by atoms with Gasteiger partial charge in [0, 0.05) is 32.2 Å². The van der Waals surface area contributed by atoms with Crippen LogP contribution in [0.25, 0.3) is 0 Å². The van der Waals surface area contributed by atoms with Crippen LogP contribution < -0.4 is 0 Å². The smallest absolute Gasteiger partial charge is 0.309 e. The highest BCUT2D eigenvalue weighted by atomic mass is 16.5. The summed E-state index contributed by atoms with van der Waals surface area (Å²) in [5, 5.41) is 9.15. The monoisotopic (exact) mass is 214 g/mol. The second kappa shape index (κ2) is 4.47. The molecule has 0 aromatic rings. The molecular formula is C10H18N2O3. The summed E-state index contributed by atoms with van der Waals surface area (Å²) in [6.45, 7) is 4.71. The standard InChI is InChI=1S/C10H18N2O3/c1-11-6-8(10(13)14)9(7-11)12-2-4-15-5-3-12/h8-9H,2-7H2,1H3,(H,13,14). The van der Waals surface area contributed by atoms with Gasteiger partial charge in [-0.3, -0.25) is 9.69 Å². The molecule has 2 unspecified atom stereocenters. The molecule has 5 nitrogen and oxygen atoms in total. The molecule has 2 fully saturated rings. The number of likely N-dealkylation sites (tertiary alicyclic amines) is 1. The summed E-state index contributed by atoms with van der Waals surface area (Å²) in [4.78, 5) is 15.5. The number of carbonyl (C=O) groups is 1. The molecule has 2 rings (SSSR count). The van der Waals surface area contributed by atoms with Crippen LogP contribution in [0.3, 0.4) is 0 Å². The molecular weight excluding hydrogens is 196 g/mol. The SMILES string of the molecule is CN1CC(C(=O)O)C(N2CCOCC2)C1. The molecule has 0 aliphatic carbocycles. The predicted molar refractivity (Wildman–Crippen MR) is 54.8 cm³/mol. The molecule has 0 aromatic carbocycles. The summed E-state index contributed by atoms with van der Waals surface area (Å²) < 4.78 is 5.28. The third-order valence-corrected chi connectivity index (χ3v) is 3.30. The quantitative estimate of drug-likeness (QED) is 0.661. The molecule has 2 aliphatic rings. The molecule has 1 N–H and O–H groups in total. The fourth-order valence-electron chi connectivity index (χ4n) is 2.50. The third kappa shape index (κ3) is 2.30. The summed E-state index contributed by atoms with van der Waals surface area (Å²) in [6, 6.07) is 0.163. The van der Waals surface area contributed by atoms with Crippen molar-refractivity contribution in [2.75, 3.05) is 46.4 Å². The molecule has 2 atom stereocenters. The first-order chi connectivity index (χ1) is 7.18. The van der Waals surface area contributed by atoms with Crippen molar-refractivity contribution in [3.05, 3.63) is 0 Å². The lowest BCUT2D eigenvalue weighted by Gasteiger charge is -2.33. The Kier molecular flexibility index (Phi) is 3.23. The summed E-state index contributed by atoms with van der Waals surface area (Å²) in [6.07, 6.45) is 0. The molecule has 0 aromatic heterocycles. The molecule has 0 bridgehead atoms. The van der Waals surface area contributed by atoms with Gasteiger partial charge in [-0.1, -0.05) is 0 Å². The number of carboxylic acid groups (broad SMARTS) is 1. The van der Waals surface area contributed by atoms with Crippen LogP contribution in [0.1, 0.15) is 0 Å². The molecule has 5 heteroatoms. The molecule has 0 spiro atoms. The summed E-state index contributed by atoms with van der Waals surface area (Å²) in [7, 11) is 1.98. The normalized spacial score (nSPS) is 34.5. The van der Waals surface area contributed by atoms with Crippen LogP contribution in [0, 0.1) is 5.92 Å². The zero-order chi connectivity index (χ0) is 10.8. The highest BCUT2D eigenvalue weighted by Crippen LogP contribution is 2.22. The second-order valence-corrected chi connectivity index (χ2v) is 4.38. The van der Waals surface area contributed by atoms with Crippen molar-refractivity contribution >= 4 is 5.97 Å². The Morgan fingerprint density at radius 3 is 2.60 bits per heavy atom. The molecule has 0 amide bonds. The summed E-state index contributed by atoms with van der Waals surface area (Å²) in [5.74, 6) is -0.913. The molecule has 0 saturated carbocycles. The highest BCUT2D eigenvalue weighted by molar-refractivity contribution is 5.71. The van der Waals surface area contributed by atoms with Gasteiger partial charge in [0.05, 0.1) is 19.1 Å². The van der Waals surface area contributed by atoms with Crippen LogP contribution in [0.4, 0.5) is 0 Å². The van der Waals surface area contributed by atoms with Crippen LogP contribution in [0.2, 0.25) is 0 Å². The van der Waals surface area contributed by atoms with Gasteiger partial charge in [0.1, 0.15) is 0 Å². The Labute approximate surface area is 89.6 Å². The fourth-order valence-corrected chi connectivity index (χ4v) is 2.50. The van der Waals surface area contributed by atoms with E-state index in [0.717, 1.165) is 32.8 Å². The van der Waals surface area contributed by atoms with Gasteiger partial charge >= 0.3 is 5.97 Å². The number of morpholine rings is 1. The first-order valence-corrected chi connectivity index (χ1v) is 5.41. The number of hydrogen-bond acceptors (Lipinski definition) is 4. The average Bonchev–Trinajstić information content (AvgIpc) is 2.62. The molecule has 2 aliphatic heterocycles. The van der Waals surface area contributed by atoms with Gasteiger partial charge < -0.3 is 14.7 Å². The van der Waals surface area contributed by atoms with Gasteiger partial charge in [0.2, 0.25) is 0 Å². The summed E-state index contributed by atoms with van der Waals surface area (Å²) >= 11 is 0. The molecule has 0 radical (unpaired) electrons. The van der Waals surface area contributed by atoms with Crippen molar-refractivity contribution in [1.82, 2.24) is 9.80 Å². The minimum atomic E-state index is -0.671. The first-order valence-electron chi connectivity index (χ1n) is 5.41. The predicted octanol–water partition coefficient (Wildman–Crippen LogP) is -0.667. The van der Waals surface area contributed by atoms with E-state index in [2.05, 4.69) is 9.80 Å².